The smallest absolute Gasteiger partial charge is 0.338 e. The fourth-order valence-electron chi connectivity index (χ4n) is 4.04. The Morgan fingerprint density at radius 1 is 1.14 bits per heavy atom. The van der Waals surface area contributed by atoms with Gasteiger partial charge in [-0.3, -0.25) is 9.36 Å². The third kappa shape index (κ3) is 5.04. The van der Waals surface area contributed by atoms with Gasteiger partial charge in [0.15, 0.2) is 4.80 Å². The van der Waals surface area contributed by atoms with Gasteiger partial charge < -0.3 is 14.4 Å². The highest BCUT2D eigenvalue weighted by Gasteiger charge is 2.33. The first-order valence-electron chi connectivity index (χ1n) is 11.6. The number of ether oxygens (including phenoxy) is 2. The lowest BCUT2D eigenvalue weighted by molar-refractivity contribution is -0.139. The van der Waals surface area contributed by atoms with Crippen LogP contribution in [0.25, 0.3) is 12.2 Å². The molecule has 4 rings (SSSR count). The van der Waals surface area contributed by atoms with Gasteiger partial charge in [-0.05, 0) is 55.3 Å². The number of carbonyl (C=O) groups excluding carboxylic acids is 1. The molecule has 2 heterocycles. The van der Waals surface area contributed by atoms with Crippen molar-refractivity contribution >= 4 is 35.1 Å². The summed E-state index contributed by atoms with van der Waals surface area (Å²) in [4.78, 5) is 33.7. The van der Waals surface area contributed by atoms with Crippen molar-refractivity contribution in [2.24, 2.45) is 4.99 Å². The van der Waals surface area contributed by atoms with E-state index < -0.39 is 12.0 Å². The van der Waals surface area contributed by atoms with Crippen molar-refractivity contribution in [3.05, 3.63) is 96.7 Å². The minimum Gasteiger partial charge on any atom is -0.497 e. The molecule has 3 aromatic rings. The number of aromatic nitrogens is 1. The average Bonchev–Trinajstić information content (AvgIpc) is 3.18. The molecular weight excluding hydrogens is 474 g/mol. The van der Waals surface area contributed by atoms with Gasteiger partial charge in [-0.1, -0.05) is 47.8 Å². The standard InChI is InChI=1S/C28H29N3O4S/c1-6-35-27(33)24-18(2)29-28-31(25(24)20-12-16-22(34-5)17-13-20)26(32)23(36-28)9-7-8-19-10-14-21(15-11-19)30(3)4/h7-17,25H,6H2,1-5H3/b8-7+,23-9-. The van der Waals surface area contributed by atoms with E-state index in [1.54, 1.807) is 31.6 Å². The molecule has 0 amide bonds. The van der Waals surface area contributed by atoms with Crippen molar-refractivity contribution in [1.29, 1.82) is 0 Å². The number of benzene rings is 2. The van der Waals surface area contributed by atoms with Gasteiger partial charge in [0.2, 0.25) is 0 Å². The number of hydrogen-bond donors (Lipinski definition) is 0. The van der Waals surface area contributed by atoms with E-state index in [0.717, 1.165) is 16.8 Å². The van der Waals surface area contributed by atoms with E-state index in [1.807, 2.05) is 79.7 Å². The minimum absolute atomic E-state index is 0.207. The van der Waals surface area contributed by atoms with Crippen LogP contribution in [0.2, 0.25) is 0 Å². The molecule has 0 fully saturated rings. The van der Waals surface area contributed by atoms with Crippen molar-refractivity contribution in [2.75, 3.05) is 32.7 Å². The lowest BCUT2D eigenvalue weighted by Gasteiger charge is -2.24. The number of hydrogen-bond acceptors (Lipinski definition) is 7. The second kappa shape index (κ2) is 10.8. The third-order valence-electron chi connectivity index (χ3n) is 5.89. The Balaban J connectivity index is 1.78. The van der Waals surface area contributed by atoms with Crippen molar-refractivity contribution in [3.63, 3.8) is 0 Å². The Morgan fingerprint density at radius 2 is 1.83 bits per heavy atom. The van der Waals surface area contributed by atoms with E-state index >= 15 is 0 Å². The molecule has 36 heavy (non-hydrogen) atoms. The van der Waals surface area contributed by atoms with Crippen molar-refractivity contribution in [2.45, 2.75) is 19.9 Å². The van der Waals surface area contributed by atoms with E-state index in [9.17, 15) is 9.59 Å². The quantitative estimate of drug-likeness (QED) is 0.461. The third-order valence-corrected chi connectivity index (χ3v) is 6.90. The normalized spacial score (nSPS) is 15.6. The molecule has 7 nitrogen and oxygen atoms in total. The minimum atomic E-state index is -0.643. The molecule has 0 N–H and O–H groups in total. The number of nitrogens with zero attached hydrogens (tertiary/aromatic N) is 3. The zero-order valence-corrected chi connectivity index (χ0v) is 21.8. The van der Waals surface area contributed by atoms with Crippen LogP contribution in [-0.4, -0.2) is 38.3 Å². The number of fused-ring (bicyclic) bond motifs is 1. The van der Waals surface area contributed by atoms with Crippen LogP contribution in [-0.2, 0) is 9.53 Å². The molecule has 186 valence electrons. The number of methoxy groups -OCH3 is 1. The van der Waals surface area contributed by atoms with Gasteiger partial charge in [0.1, 0.15) is 5.75 Å². The van der Waals surface area contributed by atoms with Crippen LogP contribution < -0.4 is 24.5 Å². The molecule has 2 aromatic carbocycles. The molecule has 0 saturated carbocycles. The molecule has 1 aliphatic heterocycles. The van der Waals surface area contributed by atoms with Crippen LogP contribution in [0.1, 0.15) is 31.0 Å². The molecule has 0 aliphatic carbocycles. The molecule has 1 atom stereocenters. The molecular formula is C28H29N3O4S. The summed E-state index contributed by atoms with van der Waals surface area (Å²) in [6.45, 7) is 3.76. The van der Waals surface area contributed by atoms with Crippen molar-refractivity contribution in [1.82, 2.24) is 4.57 Å². The summed E-state index contributed by atoms with van der Waals surface area (Å²) in [5, 5.41) is 0. The second-order valence-corrected chi connectivity index (χ2v) is 9.45. The zero-order valence-electron chi connectivity index (χ0n) is 21.0. The van der Waals surface area contributed by atoms with Gasteiger partial charge in [0, 0.05) is 19.8 Å². The van der Waals surface area contributed by atoms with E-state index in [0.29, 0.717) is 26.4 Å². The first kappa shape index (κ1) is 25.2. The average molecular weight is 504 g/mol. The molecule has 1 unspecified atom stereocenters. The Labute approximate surface area is 213 Å². The summed E-state index contributed by atoms with van der Waals surface area (Å²) < 4.78 is 12.7. The number of carbonyl (C=O) groups is 1. The Bertz CT molecular complexity index is 1490. The lowest BCUT2D eigenvalue weighted by atomic mass is 9.96. The van der Waals surface area contributed by atoms with E-state index in [-0.39, 0.29) is 12.2 Å². The fraction of sp³-hybridized carbons (Fsp3) is 0.250. The predicted octanol–water partition coefficient (Wildman–Crippen LogP) is 3.54. The van der Waals surface area contributed by atoms with Crippen LogP contribution in [0.4, 0.5) is 5.69 Å². The van der Waals surface area contributed by atoms with E-state index in [1.165, 1.54) is 11.3 Å². The summed E-state index contributed by atoms with van der Waals surface area (Å²) in [5.41, 5.74) is 3.61. The predicted molar refractivity (Wildman–Crippen MR) is 144 cm³/mol. The topological polar surface area (TPSA) is 73.1 Å². The van der Waals surface area contributed by atoms with Crippen molar-refractivity contribution in [3.8, 4) is 5.75 Å². The van der Waals surface area contributed by atoms with Crippen molar-refractivity contribution < 1.29 is 14.3 Å². The van der Waals surface area contributed by atoms with E-state index in [4.69, 9.17) is 9.47 Å². The van der Waals surface area contributed by atoms with Gasteiger partial charge in [0.25, 0.3) is 5.56 Å². The first-order chi connectivity index (χ1) is 17.3. The number of anilines is 1. The molecule has 0 radical (unpaired) electrons. The molecule has 0 bridgehead atoms. The van der Waals surface area contributed by atoms with Crippen LogP contribution >= 0.6 is 11.3 Å². The Kier molecular flexibility index (Phi) is 7.55. The van der Waals surface area contributed by atoms with Crippen LogP contribution in [0, 0.1) is 0 Å². The van der Waals surface area contributed by atoms with Crippen LogP contribution in [0.5, 0.6) is 5.75 Å². The SMILES string of the molecule is CCOC(=O)C1=C(C)N=c2s/c(=C\C=C\c3ccc(N(C)C)cc3)c(=O)n2C1c1ccc(OC)cc1. The maximum Gasteiger partial charge on any atom is 0.338 e. The summed E-state index contributed by atoms with van der Waals surface area (Å²) in [6, 6.07) is 14.8. The van der Waals surface area contributed by atoms with Gasteiger partial charge in [0.05, 0.1) is 35.6 Å². The Hall–Kier alpha value is -3.91. The van der Waals surface area contributed by atoms with Crippen LogP contribution in [0.3, 0.4) is 0 Å². The fourth-order valence-corrected chi connectivity index (χ4v) is 5.04. The van der Waals surface area contributed by atoms with Gasteiger partial charge in [-0.2, -0.15) is 0 Å². The summed E-state index contributed by atoms with van der Waals surface area (Å²) in [7, 11) is 5.59. The van der Waals surface area contributed by atoms with Gasteiger partial charge >= 0.3 is 5.97 Å². The van der Waals surface area contributed by atoms with Gasteiger partial charge in [-0.15, -0.1) is 0 Å². The molecule has 1 aromatic heterocycles. The highest BCUT2D eigenvalue weighted by atomic mass is 32.1. The maximum absolute atomic E-state index is 13.6. The molecule has 1 aliphatic rings. The van der Waals surface area contributed by atoms with Crippen LogP contribution in [0.15, 0.2) is 75.7 Å². The summed E-state index contributed by atoms with van der Waals surface area (Å²) >= 11 is 1.30. The number of esters is 1. The summed E-state index contributed by atoms with van der Waals surface area (Å²) in [5.74, 6) is 0.211. The lowest BCUT2D eigenvalue weighted by Crippen LogP contribution is -2.39. The summed E-state index contributed by atoms with van der Waals surface area (Å²) in [6.07, 6.45) is 5.60. The number of thiazole rings is 1. The molecule has 0 saturated heterocycles. The second-order valence-electron chi connectivity index (χ2n) is 8.44. The maximum atomic E-state index is 13.6. The molecule has 0 spiro atoms. The van der Waals surface area contributed by atoms with E-state index in [2.05, 4.69) is 4.99 Å². The highest BCUT2D eigenvalue weighted by molar-refractivity contribution is 7.07. The van der Waals surface area contributed by atoms with Gasteiger partial charge in [-0.25, -0.2) is 9.79 Å². The zero-order chi connectivity index (χ0) is 25.8. The first-order valence-corrected chi connectivity index (χ1v) is 12.4. The Morgan fingerprint density at radius 3 is 2.44 bits per heavy atom. The largest absolute Gasteiger partial charge is 0.497 e. The monoisotopic (exact) mass is 503 g/mol. The molecule has 8 heteroatoms. The number of rotatable bonds is 7. The number of allylic oxidation sites excluding steroid dienone is 2. The highest BCUT2D eigenvalue weighted by Crippen LogP contribution is 2.31.